The van der Waals surface area contributed by atoms with Crippen molar-refractivity contribution >= 4 is 32.6 Å². The van der Waals surface area contributed by atoms with Gasteiger partial charge < -0.3 is 17.0 Å². The van der Waals surface area contributed by atoms with Crippen LogP contribution in [0.3, 0.4) is 0 Å². The lowest BCUT2D eigenvalue weighted by atomic mass is 10.2. The minimum atomic E-state index is 0. The summed E-state index contributed by atoms with van der Waals surface area (Å²) in [6.07, 6.45) is 2.63. The number of Topliss-reactive ketones (excluding diaryl/α,β-unsaturated/α-hetero) is 1. The summed E-state index contributed by atoms with van der Waals surface area (Å²) in [5, 5.41) is 0. The number of carbonyl (C=O) groups excluding carboxylic acids is 1. The maximum atomic E-state index is 11.9. The molecule has 0 spiro atoms. The molecule has 1 aliphatic rings. The van der Waals surface area contributed by atoms with Crippen LogP contribution in [0.25, 0.3) is 0 Å². The Balaban J connectivity index is 0.00000128. The smallest absolute Gasteiger partial charge is 0.211 e. The van der Waals surface area contributed by atoms with Gasteiger partial charge in [0, 0.05) is 10.0 Å². The highest BCUT2D eigenvalue weighted by atomic mass is 79.9. The zero-order valence-corrected chi connectivity index (χ0v) is 12.9. The maximum Gasteiger partial charge on any atom is 0.211 e. The first-order valence-electron chi connectivity index (χ1n) is 5.18. The molecule has 1 aromatic rings. The summed E-state index contributed by atoms with van der Waals surface area (Å²) in [5.74, 6) is 3.61. The Labute approximate surface area is 118 Å². The predicted octanol–water partition coefficient (Wildman–Crippen LogP) is 0.0479. The van der Waals surface area contributed by atoms with Crippen molar-refractivity contribution in [3.05, 3.63) is 34.3 Å². The lowest BCUT2D eigenvalue weighted by Gasteiger charge is -2.01. The fourth-order valence-electron chi connectivity index (χ4n) is 1.76. The van der Waals surface area contributed by atoms with E-state index in [1.165, 1.54) is 24.3 Å². The van der Waals surface area contributed by atoms with Crippen molar-refractivity contribution in [2.75, 3.05) is 17.3 Å². The second-order valence-electron chi connectivity index (χ2n) is 3.80. The predicted molar refractivity (Wildman–Crippen MR) is 69.7 cm³/mol. The first-order valence-corrected chi connectivity index (χ1v) is 7.71. The molecule has 0 saturated carbocycles. The van der Waals surface area contributed by atoms with Crippen LogP contribution in [0.2, 0.25) is 0 Å². The van der Waals surface area contributed by atoms with Gasteiger partial charge in [-0.3, -0.25) is 4.79 Å². The first-order chi connectivity index (χ1) is 7.25. The lowest BCUT2D eigenvalue weighted by molar-refractivity contribution is -0.0000108. The van der Waals surface area contributed by atoms with E-state index in [9.17, 15) is 4.79 Å². The maximum absolute atomic E-state index is 11.9. The molecule has 1 fully saturated rings. The van der Waals surface area contributed by atoms with Gasteiger partial charge in [0.1, 0.15) is 11.5 Å². The van der Waals surface area contributed by atoms with Gasteiger partial charge in [0.25, 0.3) is 0 Å². The third-order valence-electron chi connectivity index (χ3n) is 2.62. The first kappa shape index (κ1) is 14.3. The van der Waals surface area contributed by atoms with Crippen LogP contribution in [-0.4, -0.2) is 23.0 Å². The van der Waals surface area contributed by atoms with E-state index in [-0.39, 0.29) is 17.0 Å². The minimum absolute atomic E-state index is 0. The third kappa shape index (κ3) is 3.90. The van der Waals surface area contributed by atoms with Crippen molar-refractivity contribution in [2.45, 2.75) is 12.8 Å². The lowest BCUT2D eigenvalue weighted by Crippen LogP contribution is -3.00. The quantitative estimate of drug-likeness (QED) is 0.546. The zero-order chi connectivity index (χ0) is 10.7. The van der Waals surface area contributed by atoms with Gasteiger partial charge in [0.05, 0.1) is 0 Å². The number of ketones is 1. The zero-order valence-electron chi connectivity index (χ0n) is 8.92. The molecule has 0 aromatic heterocycles. The van der Waals surface area contributed by atoms with Crippen LogP contribution >= 0.6 is 15.9 Å². The van der Waals surface area contributed by atoms with E-state index in [1.54, 1.807) is 0 Å². The molecule has 0 bridgehead atoms. The number of hydrogen-bond acceptors (Lipinski definition) is 1. The van der Waals surface area contributed by atoms with Crippen LogP contribution < -0.4 is 17.0 Å². The molecule has 1 aromatic carbocycles. The Morgan fingerprint density at radius 3 is 2.31 bits per heavy atom. The van der Waals surface area contributed by atoms with Crippen molar-refractivity contribution in [1.82, 2.24) is 0 Å². The molecule has 0 atom stereocenters. The van der Waals surface area contributed by atoms with E-state index in [4.69, 9.17) is 0 Å². The van der Waals surface area contributed by atoms with Gasteiger partial charge in [-0.1, -0.05) is 28.1 Å². The average Bonchev–Trinajstić information content (AvgIpc) is 2.71. The second-order valence-corrected chi connectivity index (χ2v) is 7.05. The molecule has 0 N–H and O–H groups in total. The molecule has 0 radical (unpaired) electrons. The van der Waals surface area contributed by atoms with Gasteiger partial charge >= 0.3 is 0 Å². The molecule has 1 nitrogen and oxygen atoms in total. The van der Waals surface area contributed by atoms with Crippen LogP contribution in [0.5, 0.6) is 0 Å². The molecular formula is C12H14Br2OS. The van der Waals surface area contributed by atoms with Crippen LogP contribution in [0.15, 0.2) is 28.7 Å². The third-order valence-corrected chi connectivity index (χ3v) is 5.55. The fourth-order valence-corrected chi connectivity index (χ4v) is 4.28. The Morgan fingerprint density at radius 2 is 1.75 bits per heavy atom. The monoisotopic (exact) mass is 364 g/mol. The topological polar surface area (TPSA) is 17.1 Å². The molecule has 88 valence electrons. The summed E-state index contributed by atoms with van der Waals surface area (Å²) in [6.45, 7) is 0. The highest BCUT2D eigenvalue weighted by molar-refractivity contribution is 9.10. The Hall–Kier alpha value is 0.200. The molecule has 1 aliphatic heterocycles. The van der Waals surface area contributed by atoms with Crippen molar-refractivity contribution < 1.29 is 21.8 Å². The normalized spacial score (nSPS) is 15.8. The molecule has 2 rings (SSSR count). The van der Waals surface area contributed by atoms with Gasteiger partial charge in [0.2, 0.25) is 5.78 Å². The van der Waals surface area contributed by atoms with E-state index in [0.29, 0.717) is 16.7 Å². The number of rotatable bonds is 3. The van der Waals surface area contributed by atoms with Gasteiger partial charge in [-0.2, -0.15) is 0 Å². The molecule has 4 heteroatoms. The number of hydrogen-bond donors (Lipinski definition) is 0. The highest BCUT2D eigenvalue weighted by Crippen LogP contribution is 2.16. The molecule has 1 saturated heterocycles. The van der Waals surface area contributed by atoms with Crippen LogP contribution in [0.1, 0.15) is 23.2 Å². The van der Waals surface area contributed by atoms with Gasteiger partial charge in [-0.15, -0.1) is 0 Å². The van der Waals surface area contributed by atoms with Gasteiger partial charge in [0.15, 0.2) is 5.75 Å². The summed E-state index contributed by atoms with van der Waals surface area (Å²) in [4.78, 5) is 11.9. The van der Waals surface area contributed by atoms with Crippen molar-refractivity contribution in [2.24, 2.45) is 0 Å². The number of halogens is 2. The standard InChI is InChI=1S/C12H14BrOS.BrH/c13-11-5-3-10(4-6-11)12(14)9-15-7-1-2-8-15;/h3-6H,1-2,7-9H2;1H/q+1;/p-1. The molecule has 1 heterocycles. The van der Waals surface area contributed by atoms with Crippen molar-refractivity contribution in [3.8, 4) is 0 Å². The van der Waals surface area contributed by atoms with Crippen LogP contribution in [0, 0.1) is 0 Å². The summed E-state index contributed by atoms with van der Waals surface area (Å²) in [6, 6.07) is 7.69. The van der Waals surface area contributed by atoms with E-state index in [0.717, 1.165) is 15.8 Å². The number of benzene rings is 1. The molecule has 0 aliphatic carbocycles. The van der Waals surface area contributed by atoms with Gasteiger partial charge in [-0.05, 0) is 35.9 Å². The van der Waals surface area contributed by atoms with E-state index >= 15 is 0 Å². The Bertz CT molecular complexity index is 345. The van der Waals surface area contributed by atoms with Crippen molar-refractivity contribution in [3.63, 3.8) is 0 Å². The Morgan fingerprint density at radius 1 is 1.19 bits per heavy atom. The summed E-state index contributed by atoms with van der Waals surface area (Å²) in [5.41, 5.74) is 0.859. The Kier molecular flexibility index (Phi) is 6.08. The average molecular weight is 366 g/mol. The fraction of sp³-hybridized carbons (Fsp3) is 0.417. The van der Waals surface area contributed by atoms with Crippen LogP contribution in [-0.2, 0) is 10.9 Å². The molecule has 0 amide bonds. The largest absolute Gasteiger partial charge is 1.00 e. The number of carbonyl (C=O) groups is 1. The summed E-state index contributed by atoms with van der Waals surface area (Å²) < 4.78 is 1.03. The van der Waals surface area contributed by atoms with E-state index < -0.39 is 0 Å². The molecule has 16 heavy (non-hydrogen) atoms. The summed E-state index contributed by atoms with van der Waals surface area (Å²) >= 11 is 3.37. The minimum Gasteiger partial charge on any atom is -1.00 e. The van der Waals surface area contributed by atoms with E-state index in [2.05, 4.69) is 15.9 Å². The van der Waals surface area contributed by atoms with Crippen molar-refractivity contribution in [1.29, 1.82) is 0 Å². The SMILES string of the molecule is O=C(C[S+]1CCCC1)c1ccc(Br)cc1.[Br-]. The summed E-state index contributed by atoms with van der Waals surface area (Å²) in [7, 11) is 0.376. The van der Waals surface area contributed by atoms with E-state index in [1.807, 2.05) is 24.3 Å². The molecule has 0 unspecified atom stereocenters. The molecular weight excluding hydrogens is 352 g/mol. The highest BCUT2D eigenvalue weighted by Gasteiger charge is 2.27. The van der Waals surface area contributed by atoms with Crippen LogP contribution in [0.4, 0.5) is 0 Å². The second kappa shape index (κ2) is 6.82. The van der Waals surface area contributed by atoms with Gasteiger partial charge in [-0.25, -0.2) is 0 Å².